The van der Waals surface area contributed by atoms with Gasteiger partial charge in [0.2, 0.25) is 16.4 Å². The molecule has 0 radical (unpaired) electrons. The first-order valence-corrected chi connectivity index (χ1v) is 9.69. The number of hydrogen-bond donors (Lipinski definition) is 1. The van der Waals surface area contributed by atoms with Crippen molar-refractivity contribution in [2.75, 3.05) is 5.75 Å². The van der Waals surface area contributed by atoms with Gasteiger partial charge in [-0.3, -0.25) is 10.0 Å². The summed E-state index contributed by atoms with van der Waals surface area (Å²) in [6.07, 6.45) is 3.82. The van der Waals surface area contributed by atoms with Gasteiger partial charge in [0.25, 0.3) is 0 Å². The summed E-state index contributed by atoms with van der Waals surface area (Å²) in [5.74, 6) is -0.722. The van der Waals surface area contributed by atoms with Crippen LogP contribution in [0.5, 0.6) is 0 Å². The summed E-state index contributed by atoms with van der Waals surface area (Å²) in [7, 11) is -3.68. The van der Waals surface area contributed by atoms with E-state index in [0.717, 1.165) is 31.2 Å². The number of fused-ring (bicyclic) bond motifs is 1. The molecule has 0 saturated heterocycles. The third-order valence-electron chi connectivity index (χ3n) is 5.03. The van der Waals surface area contributed by atoms with Crippen molar-refractivity contribution in [1.82, 2.24) is 9.37 Å². The highest BCUT2D eigenvalue weighted by Crippen LogP contribution is 2.32. The molecule has 1 N–H and O–H groups in total. The van der Waals surface area contributed by atoms with E-state index in [0.29, 0.717) is 10.6 Å². The highest BCUT2D eigenvalue weighted by atomic mass is 32.2. The number of benzene rings is 1. The van der Waals surface area contributed by atoms with Crippen LogP contribution in [0.25, 0.3) is 0 Å². The molecule has 1 fully saturated rings. The standard InChI is InChI=1S/C16H21FN2O4S/c17-15-6-5-13-8-18(9-14(13)7-15)24(22,23)10-16(19(21)11-20)12-3-1-2-4-12/h5-7,11-12,16,21H,1-4,8-10H2. The van der Waals surface area contributed by atoms with Crippen LogP contribution in [0.2, 0.25) is 0 Å². The zero-order valence-electron chi connectivity index (χ0n) is 13.3. The Balaban J connectivity index is 1.76. The maximum Gasteiger partial charge on any atom is 0.233 e. The van der Waals surface area contributed by atoms with Gasteiger partial charge in [0, 0.05) is 13.1 Å². The quantitative estimate of drug-likeness (QED) is 0.480. The number of nitrogens with zero attached hydrogens (tertiary/aromatic N) is 2. The topological polar surface area (TPSA) is 77.9 Å². The molecule has 1 saturated carbocycles. The van der Waals surface area contributed by atoms with Crippen LogP contribution in [-0.2, 0) is 27.9 Å². The summed E-state index contributed by atoms with van der Waals surface area (Å²) in [5, 5.41) is 10.3. The van der Waals surface area contributed by atoms with Gasteiger partial charge in [-0.15, -0.1) is 0 Å². The fourth-order valence-corrected chi connectivity index (χ4v) is 5.44. The van der Waals surface area contributed by atoms with E-state index >= 15 is 0 Å². The van der Waals surface area contributed by atoms with Crippen LogP contribution >= 0.6 is 0 Å². The molecule has 1 heterocycles. The van der Waals surface area contributed by atoms with E-state index in [9.17, 15) is 22.8 Å². The predicted octanol–water partition coefficient (Wildman–Crippen LogP) is 1.88. The molecule has 0 spiro atoms. The second-order valence-electron chi connectivity index (χ2n) is 6.56. The first-order valence-electron chi connectivity index (χ1n) is 8.08. The van der Waals surface area contributed by atoms with Crippen molar-refractivity contribution in [2.24, 2.45) is 5.92 Å². The Labute approximate surface area is 140 Å². The average molecular weight is 356 g/mol. The van der Waals surface area contributed by atoms with Gasteiger partial charge >= 0.3 is 0 Å². The zero-order valence-corrected chi connectivity index (χ0v) is 14.1. The van der Waals surface area contributed by atoms with E-state index in [1.165, 1.54) is 16.4 Å². The van der Waals surface area contributed by atoms with Crippen molar-refractivity contribution in [1.29, 1.82) is 0 Å². The fraction of sp³-hybridized carbons (Fsp3) is 0.562. The van der Waals surface area contributed by atoms with Crippen LogP contribution in [-0.4, -0.2) is 41.2 Å². The van der Waals surface area contributed by atoms with Crippen molar-refractivity contribution in [3.05, 3.63) is 35.1 Å². The Morgan fingerprint density at radius 3 is 2.62 bits per heavy atom. The van der Waals surface area contributed by atoms with Gasteiger partial charge in [0.1, 0.15) is 5.82 Å². The maximum absolute atomic E-state index is 13.3. The molecule has 0 aromatic heterocycles. The normalized spacial score (nSPS) is 20.1. The van der Waals surface area contributed by atoms with E-state index in [1.807, 2.05) is 0 Å². The van der Waals surface area contributed by atoms with Crippen LogP contribution in [0.4, 0.5) is 4.39 Å². The summed E-state index contributed by atoms with van der Waals surface area (Å²) < 4.78 is 40.1. The number of hydrogen-bond acceptors (Lipinski definition) is 4. The Bertz CT molecular complexity index is 719. The van der Waals surface area contributed by atoms with Crippen LogP contribution in [0, 0.1) is 11.7 Å². The van der Waals surface area contributed by atoms with Gasteiger partial charge in [-0.05, 0) is 42.0 Å². The number of sulfonamides is 1. The van der Waals surface area contributed by atoms with Crippen molar-refractivity contribution < 1.29 is 22.8 Å². The van der Waals surface area contributed by atoms with Gasteiger partial charge in [0.05, 0.1) is 11.8 Å². The molecule has 1 aliphatic carbocycles. The molecule has 2 aliphatic rings. The highest BCUT2D eigenvalue weighted by Gasteiger charge is 2.37. The number of rotatable bonds is 6. The smallest absolute Gasteiger partial charge is 0.233 e. The van der Waals surface area contributed by atoms with E-state index in [2.05, 4.69) is 0 Å². The Morgan fingerprint density at radius 1 is 1.29 bits per heavy atom. The molecule has 1 aromatic rings. The van der Waals surface area contributed by atoms with Gasteiger partial charge in [-0.1, -0.05) is 18.9 Å². The van der Waals surface area contributed by atoms with Crippen LogP contribution in [0.3, 0.4) is 0 Å². The van der Waals surface area contributed by atoms with Gasteiger partial charge in [-0.25, -0.2) is 17.9 Å². The molecule has 8 heteroatoms. The van der Waals surface area contributed by atoms with E-state index < -0.39 is 16.1 Å². The molecule has 0 bridgehead atoms. The lowest BCUT2D eigenvalue weighted by Crippen LogP contribution is -2.45. The monoisotopic (exact) mass is 356 g/mol. The Hall–Kier alpha value is -1.51. The number of carbonyl (C=O) groups excluding carboxylic acids is 1. The summed E-state index contributed by atoms with van der Waals surface area (Å²) in [5.41, 5.74) is 1.45. The zero-order chi connectivity index (χ0) is 17.3. The first kappa shape index (κ1) is 17.3. The average Bonchev–Trinajstić information content (AvgIpc) is 3.21. The molecule has 1 amide bonds. The van der Waals surface area contributed by atoms with Crippen molar-refractivity contribution in [2.45, 2.75) is 44.8 Å². The second-order valence-corrected chi connectivity index (χ2v) is 8.57. The molecular weight excluding hydrogens is 335 g/mol. The lowest BCUT2D eigenvalue weighted by atomic mass is 10.00. The van der Waals surface area contributed by atoms with Crippen LogP contribution in [0.15, 0.2) is 18.2 Å². The minimum atomic E-state index is -3.68. The summed E-state index contributed by atoms with van der Waals surface area (Å²) in [6.45, 7) is 0.321. The largest absolute Gasteiger partial charge is 0.286 e. The summed E-state index contributed by atoms with van der Waals surface area (Å²) in [4.78, 5) is 11.0. The third kappa shape index (κ3) is 3.45. The number of halogens is 1. The van der Waals surface area contributed by atoms with Gasteiger partial charge < -0.3 is 0 Å². The third-order valence-corrected chi connectivity index (χ3v) is 6.84. The molecule has 1 aliphatic heterocycles. The Morgan fingerprint density at radius 2 is 1.96 bits per heavy atom. The molecular formula is C16H21FN2O4S. The lowest BCUT2D eigenvalue weighted by Gasteiger charge is -2.29. The predicted molar refractivity (Wildman–Crippen MR) is 84.9 cm³/mol. The van der Waals surface area contributed by atoms with Crippen LogP contribution in [0.1, 0.15) is 36.8 Å². The van der Waals surface area contributed by atoms with Crippen molar-refractivity contribution in [3.8, 4) is 0 Å². The Kier molecular flexibility index (Phi) is 4.89. The first-order chi connectivity index (χ1) is 11.4. The molecule has 1 atom stereocenters. The number of amides is 1. The van der Waals surface area contributed by atoms with Crippen molar-refractivity contribution >= 4 is 16.4 Å². The minimum absolute atomic E-state index is 0.0163. The highest BCUT2D eigenvalue weighted by molar-refractivity contribution is 7.89. The van der Waals surface area contributed by atoms with E-state index in [4.69, 9.17) is 0 Å². The summed E-state index contributed by atoms with van der Waals surface area (Å²) >= 11 is 0. The molecule has 132 valence electrons. The minimum Gasteiger partial charge on any atom is -0.286 e. The van der Waals surface area contributed by atoms with E-state index in [1.54, 1.807) is 6.07 Å². The lowest BCUT2D eigenvalue weighted by molar-refractivity contribution is -0.162. The van der Waals surface area contributed by atoms with Gasteiger partial charge in [0.15, 0.2) is 0 Å². The van der Waals surface area contributed by atoms with Crippen molar-refractivity contribution in [3.63, 3.8) is 0 Å². The molecule has 1 aromatic carbocycles. The number of hydroxylamine groups is 2. The fourth-order valence-electron chi connectivity index (χ4n) is 3.70. The molecule has 3 rings (SSSR count). The molecule has 6 nitrogen and oxygen atoms in total. The molecule has 24 heavy (non-hydrogen) atoms. The maximum atomic E-state index is 13.3. The van der Waals surface area contributed by atoms with Gasteiger partial charge in [-0.2, -0.15) is 4.31 Å². The number of carbonyl (C=O) groups is 1. The summed E-state index contributed by atoms with van der Waals surface area (Å²) in [6, 6.07) is 3.52. The second kappa shape index (κ2) is 6.78. The SMILES string of the molecule is O=CN(O)C(CS(=O)(=O)N1Cc2ccc(F)cc2C1)C1CCCC1. The van der Waals surface area contributed by atoms with E-state index in [-0.39, 0.29) is 37.0 Å². The molecule has 1 unspecified atom stereocenters. The van der Waals surface area contributed by atoms with Crippen LogP contribution < -0.4 is 0 Å².